The van der Waals surface area contributed by atoms with Crippen molar-refractivity contribution in [3.05, 3.63) is 39.2 Å². The van der Waals surface area contributed by atoms with Gasteiger partial charge in [-0.1, -0.05) is 20.8 Å². The summed E-state index contributed by atoms with van der Waals surface area (Å²) in [5.41, 5.74) is 0.820. The molecule has 2 N–H and O–H groups in total. The Morgan fingerprint density at radius 2 is 2.09 bits per heavy atom. The molecule has 0 aliphatic carbocycles. The number of carboxylic acid groups (broad SMARTS) is 1. The molecule has 2 aromatic heterocycles. The summed E-state index contributed by atoms with van der Waals surface area (Å²) in [6, 6.07) is 1.43. The van der Waals surface area contributed by atoms with E-state index in [-0.39, 0.29) is 29.9 Å². The third-order valence-electron chi connectivity index (χ3n) is 3.19. The minimum Gasteiger partial charge on any atom is -0.478 e. The Labute approximate surface area is 138 Å². The van der Waals surface area contributed by atoms with E-state index >= 15 is 0 Å². The van der Waals surface area contributed by atoms with Crippen LogP contribution in [0.1, 0.15) is 53.4 Å². The number of thiazole rings is 1. The van der Waals surface area contributed by atoms with E-state index in [0.717, 1.165) is 10.7 Å². The Morgan fingerprint density at radius 3 is 2.61 bits per heavy atom. The monoisotopic (exact) mass is 336 g/mol. The molecule has 0 saturated heterocycles. The number of aromatic nitrogens is 1. The van der Waals surface area contributed by atoms with E-state index in [4.69, 9.17) is 9.52 Å². The van der Waals surface area contributed by atoms with Gasteiger partial charge in [0.15, 0.2) is 0 Å². The van der Waals surface area contributed by atoms with E-state index < -0.39 is 5.97 Å². The first-order chi connectivity index (χ1) is 10.7. The number of nitrogens with zero attached hydrogens (tertiary/aromatic N) is 1. The van der Waals surface area contributed by atoms with E-state index in [1.54, 1.807) is 18.3 Å². The van der Waals surface area contributed by atoms with Crippen molar-refractivity contribution in [2.75, 3.05) is 0 Å². The van der Waals surface area contributed by atoms with Crippen LogP contribution in [0.25, 0.3) is 0 Å². The topological polar surface area (TPSA) is 92.4 Å². The third-order valence-corrected chi connectivity index (χ3v) is 4.51. The van der Waals surface area contributed by atoms with Crippen LogP contribution in [0.15, 0.2) is 15.9 Å². The molecule has 0 aliphatic rings. The largest absolute Gasteiger partial charge is 0.478 e. The van der Waals surface area contributed by atoms with E-state index in [2.05, 4.69) is 31.1 Å². The molecule has 6 nitrogen and oxygen atoms in total. The average molecular weight is 336 g/mol. The van der Waals surface area contributed by atoms with Crippen LogP contribution in [0.4, 0.5) is 0 Å². The number of carbonyl (C=O) groups is 2. The van der Waals surface area contributed by atoms with Crippen molar-refractivity contribution < 1.29 is 19.1 Å². The Kier molecular flexibility index (Phi) is 4.89. The second kappa shape index (κ2) is 6.54. The zero-order chi connectivity index (χ0) is 17.2. The van der Waals surface area contributed by atoms with E-state index in [9.17, 15) is 9.59 Å². The molecule has 0 unspecified atom stereocenters. The molecule has 0 spiro atoms. The van der Waals surface area contributed by atoms with Crippen molar-refractivity contribution in [2.24, 2.45) is 0 Å². The summed E-state index contributed by atoms with van der Waals surface area (Å²) < 4.78 is 5.32. The lowest BCUT2D eigenvalue weighted by Crippen LogP contribution is -2.24. The smallest absolute Gasteiger partial charge is 0.339 e. The molecule has 0 bridgehead atoms. The number of furan rings is 1. The highest BCUT2D eigenvalue weighted by molar-refractivity contribution is 7.09. The van der Waals surface area contributed by atoms with Gasteiger partial charge in [-0.3, -0.25) is 4.79 Å². The highest BCUT2D eigenvalue weighted by Gasteiger charge is 2.19. The first kappa shape index (κ1) is 17.2. The maximum atomic E-state index is 12.0. The van der Waals surface area contributed by atoms with E-state index in [1.807, 2.05) is 5.38 Å². The third kappa shape index (κ3) is 4.41. The minimum atomic E-state index is -1.04. The molecule has 1 amide bonds. The summed E-state index contributed by atoms with van der Waals surface area (Å²) in [6.07, 6.45) is 0.193. The number of hydrogen-bond donors (Lipinski definition) is 2. The highest BCUT2D eigenvalue weighted by Crippen LogP contribution is 2.25. The SMILES string of the molecule is Cc1oc(CNC(=O)Cc2csc(C(C)(C)C)n2)cc1C(=O)O. The molecule has 0 radical (unpaired) electrons. The van der Waals surface area contributed by atoms with E-state index in [0.29, 0.717) is 11.5 Å². The van der Waals surface area contributed by atoms with Gasteiger partial charge in [0.2, 0.25) is 5.91 Å². The molecule has 2 rings (SSSR count). The fourth-order valence-electron chi connectivity index (χ4n) is 1.99. The molecule has 23 heavy (non-hydrogen) atoms. The molecule has 124 valence electrons. The Balaban J connectivity index is 1.91. The van der Waals surface area contributed by atoms with Crippen molar-refractivity contribution in [1.29, 1.82) is 0 Å². The summed E-state index contributed by atoms with van der Waals surface area (Å²) in [4.78, 5) is 27.4. The van der Waals surface area contributed by atoms with Crippen molar-refractivity contribution in [2.45, 2.75) is 46.1 Å². The summed E-state index contributed by atoms with van der Waals surface area (Å²) in [6.45, 7) is 7.97. The lowest BCUT2D eigenvalue weighted by Gasteiger charge is -2.13. The second-order valence-electron chi connectivity index (χ2n) is 6.34. The molecule has 2 aromatic rings. The lowest BCUT2D eigenvalue weighted by molar-refractivity contribution is -0.120. The van der Waals surface area contributed by atoms with Gasteiger partial charge in [-0.25, -0.2) is 9.78 Å². The van der Waals surface area contributed by atoms with Gasteiger partial charge in [0.1, 0.15) is 17.1 Å². The highest BCUT2D eigenvalue weighted by atomic mass is 32.1. The minimum absolute atomic E-state index is 0.0294. The number of carbonyl (C=O) groups excluding carboxylic acids is 1. The zero-order valence-electron chi connectivity index (χ0n) is 13.6. The lowest BCUT2D eigenvalue weighted by atomic mass is 9.98. The predicted octanol–water partition coefficient (Wildman–Crippen LogP) is 2.90. The van der Waals surface area contributed by atoms with Crippen LogP contribution in [0.3, 0.4) is 0 Å². The van der Waals surface area contributed by atoms with Gasteiger partial charge in [-0.15, -0.1) is 11.3 Å². The first-order valence-electron chi connectivity index (χ1n) is 7.21. The van der Waals surface area contributed by atoms with Crippen LogP contribution >= 0.6 is 11.3 Å². The number of carboxylic acids is 1. The van der Waals surface area contributed by atoms with Crippen LogP contribution in [0.5, 0.6) is 0 Å². The van der Waals surface area contributed by atoms with Gasteiger partial charge in [0.25, 0.3) is 0 Å². The maximum Gasteiger partial charge on any atom is 0.339 e. The number of rotatable bonds is 5. The Morgan fingerprint density at radius 1 is 1.39 bits per heavy atom. The second-order valence-corrected chi connectivity index (χ2v) is 7.19. The van der Waals surface area contributed by atoms with Crippen molar-refractivity contribution in [3.63, 3.8) is 0 Å². The van der Waals surface area contributed by atoms with Gasteiger partial charge < -0.3 is 14.8 Å². The fourth-order valence-corrected chi connectivity index (χ4v) is 2.90. The van der Waals surface area contributed by atoms with Gasteiger partial charge in [0, 0.05) is 10.8 Å². The van der Waals surface area contributed by atoms with Crippen LogP contribution in [0.2, 0.25) is 0 Å². The maximum absolute atomic E-state index is 12.0. The van der Waals surface area contributed by atoms with Gasteiger partial charge in [-0.2, -0.15) is 0 Å². The normalized spacial score (nSPS) is 11.5. The van der Waals surface area contributed by atoms with E-state index in [1.165, 1.54) is 6.07 Å². The number of amides is 1. The van der Waals surface area contributed by atoms with Crippen LogP contribution in [-0.2, 0) is 23.2 Å². The summed E-state index contributed by atoms with van der Waals surface area (Å²) >= 11 is 1.55. The molecular weight excluding hydrogens is 316 g/mol. The van der Waals surface area contributed by atoms with Crippen molar-refractivity contribution in [1.82, 2.24) is 10.3 Å². The van der Waals surface area contributed by atoms with Crippen LogP contribution < -0.4 is 5.32 Å². The molecule has 0 saturated carbocycles. The number of hydrogen-bond acceptors (Lipinski definition) is 5. The van der Waals surface area contributed by atoms with Crippen molar-refractivity contribution in [3.8, 4) is 0 Å². The van der Waals surface area contributed by atoms with Gasteiger partial charge >= 0.3 is 5.97 Å². The summed E-state index contributed by atoms with van der Waals surface area (Å²) in [7, 11) is 0. The molecule has 2 heterocycles. The first-order valence-corrected chi connectivity index (χ1v) is 8.09. The Hall–Kier alpha value is -2.15. The van der Waals surface area contributed by atoms with Crippen LogP contribution in [-0.4, -0.2) is 22.0 Å². The summed E-state index contributed by atoms with van der Waals surface area (Å²) in [5, 5.41) is 14.6. The quantitative estimate of drug-likeness (QED) is 0.876. The molecule has 7 heteroatoms. The fraction of sp³-hybridized carbons (Fsp3) is 0.438. The number of aromatic carboxylic acids is 1. The van der Waals surface area contributed by atoms with Crippen LogP contribution in [0, 0.1) is 6.92 Å². The average Bonchev–Trinajstić information content (AvgIpc) is 3.02. The standard InChI is InChI=1S/C16H20N2O4S/c1-9-12(14(20)21)6-11(22-9)7-17-13(19)5-10-8-23-15(18-10)16(2,3)4/h6,8H,5,7H2,1-4H3,(H,17,19)(H,20,21). The van der Waals surface area contributed by atoms with Gasteiger partial charge in [-0.05, 0) is 13.0 Å². The molecule has 0 atom stereocenters. The number of nitrogens with one attached hydrogen (secondary N) is 1. The number of aryl methyl sites for hydroxylation is 1. The molecule has 0 fully saturated rings. The van der Waals surface area contributed by atoms with Gasteiger partial charge in [0.05, 0.1) is 23.7 Å². The molecular formula is C16H20N2O4S. The predicted molar refractivity (Wildman–Crippen MR) is 86.8 cm³/mol. The molecule has 0 aromatic carbocycles. The Bertz CT molecular complexity index is 725. The van der Waals surface area contributed by atoms with Crippen molar-refractivity contribution >= 4 is 23.2 Å². The zero-order valence-corrected chi connectivity index (χ0v) is 14.4. The molecule has 0 aliphatic heterocycles. The summed E-state index contributed by atoms with van der Waals surface area (Å²) in [5.74, 6) is -0.472.